The van der Waals surface area contributed by atoms with Crippen molar-refractivity contribution in [3.8, 4) is 0 Å². The number of hydrogen-bond donors (Lipinski definition) is 1. The molecule has 0 aromatic heterocycles. The van der Waals surface area contributed by atoms with E-state index in [1.165, 1.54) is 6.42 Å². The molecule has 23 heavy (non-hydrogen) atoms. The molecule has 2 saturated heterocycles. The van der Waals surface area contributed by atoms with Gasteiger partial charge in [-0.1, -0.05) is 26.8 Å². The third kappa shape index (κ3) is 5.52. The molecule has 6 heteroatoms. The maximum atomic E-state index is 11.6. The number of nitrogens with zero attached hydrogens (tertiary/aromatic N) is 2. The van der Waals surface area contributed by atoms with E-state index in [4.69, 9.17) is 4.99 Å². The van der Waals surface area contributed by atoms with E-state index in [-0.39, 0.29) is 17.1 Å². The fraction of sp³-hybridized carbons (Fsp3) is 0.824. The van der Waals surface area contributed by atoms with Crippen molar-refractivity contribution in [2.75, 3.05) is 37.7 Å². The molecule has 2 unspecified atom stereocenters. The quantitative estimate of drug-likeness (QED) is 0.482. The van der Waals surface area contributed by atoms with E-state index >= 15 is 0 Å². The van der Waals surface area contributed by atoms with E-state index in [0.717, 1.165) is 25.5 Å². The first-order valence-electron chi connectivity index (χ1n) is 8.55. The van der Waals surface area contributed by atoms with E-state index in [1.807, 2.05) is 6.08 Å². The van der Waals surface area contributed by atoms with Gasteiger partial charge >= 0.3 is 0 Å². The molecule has 2 aliphatic rings. The minimum Gasteiger partial charge on any atom is -0.353 e. The Bertz CT molecular complexity index is 554. The van der Waals surface area contributed by atoms with E-state index in [9.17, 15) is 8.42 Å². The highest BCUT2D eigenvalue weighted by atomic mass is 32.2. The summed E-state index contributed by atoms with van der Waals surface area (Å²) >= 11 is 0. The average Bonchev–Trinajstić information content (AvgIpc) is 2.76. The number of aliphatic imine (C=N–C) groups is 1. The van der Waals surface area contributed by atoms with Gasteiger partial charge in [0.15, 0.2) is 15.8 Å². The Morgan fingerprint density at radius 3 is 2.78 bits per heavy atom. The van der Waals surface area contributed by atoms with Crippen LogP contribution in [0.4, 0.5) is 0 Å². The predicted molar refractivity (Wildman–Crippen MR) is 96.4 cm³/mol. The van der Waals surface area contributed by atoms with Gasteiger partial charge in [-0.05, 0) is 30.1 Å². The highest BCUT2D eigenvalue weighted by Gasteiger charge is 2.32. The molecular formula is C17H31N3O2S. The van der Waals surface area contributed by atoms with Gasteiger partial charge in [0.1, 0.15) is 0 Å². The van der Waals surface area contributed by atoms with Crippen LogP contribution in [0.1, 0.15) is 33.6 Å². The fourth-order valence-corrected chi connectivity index (χ4v) is 5.70. The van der Waals surface area contributed by atoms with Crippen LogP contribution in [0.2, 0.25) is 0 Å². The number of piperidine rings is 1. The van der Waals surface area contributed by atoms with Crippen LogP contribution in [0.25, 0.3) is 0 Å². The van der Waals surface area contributed by atoms with Crippen LogP contribution in [0.5, 0.6) is 0 Å². The molecule has 0 bridgehead atoms. The van der Waals surface area contributed by atoms with Gasteiger partial charge in [-0.2, -0.15) is 0 Å². The molecule has 2 fully saturated rings. The lowest BCUT2D eigenvalue weighted by Gasteiger charge is -2.43. The summed E-state index contributed by atoms with van der Waals surface area (Å²) in [5.41, 5.74) is 0.269. The molecule has 0 saturated carbocycles. The zero-order chi connectivity index (χ0) is 17.1. The van der Waals surface area contributed by atoms with Crippen LogP contribution < -0.4 is 5.32 Å². The van der Waals surface area contributed by atoms with Gasteiger partial charge in [-0.3, -0.25) is 4.99 Å². The van der Waals surface area contributed by atoms with Crippen LogP contribution in [-0.2, 0) is 9.84 Å². The Kier molecular flexibility index (Phi) is 5.76. The molecule has 132 valence electrons. The van der Waals surface area contributed by atoms with Gasteiger partial charge in [-0.15, -0.1) is 6.58 Å². The monoisotopic (exact) mass is 341 g/mol. The SMILES string of the molecule is C=CCNC(=NCC1CCS(=O)(=O)C1)N1CC(C)CC(C)(C)C1. The standard InChI is InChI=1S/C17H31N3O2S/c1-5-7-18-16(19-10-15-6-8-23(21,22)12-15)20-11-14(2)9-17(3,4)13-20/h5,14-15H,1,6-13H2,2-4H3,(H,18,19). The highest BCUT2D eigenvalue weighted by Crippen LogP contribution is 2.32. The second kappa shape index (κ2) is 7.24. The van der Waals surface area contributed by atoms with E-state index in [0.29, 0.717) is 24.8 Å². The maximum Gasteiger partial charge on any atom is 0.194 e. The summed E-state index contributed by atoms with van der Waals surface area (Å²) in [5, 5.41) is 3.35. The van der Waals surface area contributed by atoms with Crippen molar-refractivity contribution >= 4 is 15.8 Å². The van der Waals surface area contributed by atoms with E-state index in [1.54, 1.807) is 0 Å². The Morgan fingerprint density at radius 2 is 2.22 bits per heavy atom. The van der Waals surface area contributed by atoms with Crippen molar-refractivity contribution in [1.29, 1.82) is 0 Å². The maximum absolute atomic E-state index is 11.6. The van der Waals surface area contributed by atoms with Gasteiger partial charge in [0.05, 0.1) is 11.5 Å². The summed E-state index contributed by atoms with van der Waals surface area (Å²) < 4.78 is 23.2. The number of likely N-dealkylation sites (tertiary alicyclic amines) is 1. The fourth-order valence-electron chi connectivity index (χ4n) is 3.85. The highest BCUT2D eigenvalue weighted by molar-refractivity contribution is 7.91. The molecule has 2 aliphatic heterocycles. The number of rotatable bonds is 4. The molecule has 1 N–H and O–H groups in total. The Balaban J connectivity index is 2.06. The molecule has 2 rings (SSSR count). The summed E-state index contributed by atoms with van der Waals surface area (Å²) in [6.07, 6.45) is 3.79. The van der Waals surface area contributed by atoms with Crippen molar-refractivity contribution in [3.63, 3.8) is 0 Å². The molecule has 0 radical (unpaired) electrons. The van der Waals surface area contributed by atoms with Crippen molar-refractivity contribution < 1.29 is 8.42 Å². The summed E-state index contributed by atoms with van der Waals surface area (Å²) in [6.45, 7) is 13.9. The average molecular weight is 342 g/mol. The lowest BCUT2D eigenvalue weighted by atomic mass is 9.79. The van der Waals surface area contributed by atoms with Crippen LogP contribution in [0.15, 0.2) is 17.6 Å². The molecule has 0 amide bonds. The summed E-state index contributed by atoms with van der Waals surface area (Å²) in [5.74, 6) is 2.29. The van der Waals surface area contributed by atoms with Crippen LogP contribution in [0, 0.1) is 17.3 Å². The molecule has 0 spiro atoms. The summed E-state index contributed by atoms with van der Waals surface area (Å²) in [4.78, 5) is 7.07. The number of nitrogens with one attached hydrogen (secondary N) is 1. The number of sulfone groups is 1. The third-order valence-corrected chi connectivity index (χ3v) is 6.42. The van der Waals surface area contributed by atoms with Crippen molar-refractivity contribution in [3.05, 3.63) is 12.7 Å². The van der Waals surface area contributed by atoms with E-state index < -0.39 is 9.84 Å². The first-order chi connectivity index (χ1) is 10.7. The summed E-state index contributed by atoms with van der Waals surface area (Å²) in [7, 11) is -2.83. The molecule has 2 atom stereocenters. The van der Waals surface area contributed by atoms with Gasteiger partial charge < -0.3 is 10.2 Å². The Hall–Kier alpha value is -1.04. The molecule has 2 heterocycles. The van der Waals surface area contributed by atoms with Gasteiger partial charge in [0, 0.05) is 26.2 Å². The molecular weight excluding hydrogens is 310 g/mol. The van der Waals surface area contributed by atoms with Crippen molar-refractivity contribution in [1.82, 2.24) is 10.2 Å². The van der Waals surface area contributed by atoms with Crippen LogP contribution in [0.3, 0.4) is 0 Å². The normalized spacial score (nSPS) is 30.2. The second-order valence-electron chi connectivity index (χ2n) is 7.96. The topological polar surface area (TPSA) is 61.8 Å². The second-order valence-corrected chi connectivity index (χ2v) is 10.2. The predicted octanol–water partition coefficient (Wildman–Crippen LogP) is 1.92. The van der Waals surface area contributed by atoms with Gasteiger partial charge in [0.25, 0.3) is 0 Å². The number of hydrogen-bond acceptors (Lipinski definition) is 3. The van der Waals surface area contributed by atoms with Gasteiger partial charge in [-0.25, -0.2) is 8.42 Å². The largest absolute Gasteiger partial charge is 0.353 e. The number of guanidine groups is 1. The van der Waals surface area contributed by atoms with Crippen molar-refractivity contribution in [2.24, 2.45) is 22.2 Å². The van der Waals surface area contributed by atoms with E-state index in [2.05, 4.69) is 37.6 Å². The zero-order valence-electron chi connectivity index (χ0n) is 14.7. The first kappa shape index (κ1) is 18.3. The van der Waals surface area contributed by atoms with Gasteiger partial charge in [0.2, 0.25) is 0 Å². The molecule has 0 aromatic carbocycles. The lowest BCUT2D eigenvalue weighted by molar-refractivity contribution is 0.129. The molecule has 0 aromatic rings. The molecule has 0 aliphatic carbocycles. The molecule has 5 nitrogen and oxygen atoms in total. The minimum absolute atomic E-state index is 0.163. The Labute approximate surface area is 141 Å². The lowest BCUT2D eigenvalue weighted by Crippen LogP contribution is -2.51. The first-order valence-corrected chi connectivity index (χ1v) is 10.4. The third-order valence-electron chi connectivity index (χ3n) is 4.58. The zero-order valence-corrected chi connectivity index (χ0v) is 15.5. The van der Waals surface area contributed by atoms with Crippen molar-refractivity contribution in [2.45, 2.75) is 33.6 Å². The minimum atomic E-state index is -2.83. The Morgan fingerprint density at radius 1 is 1.48 bits per heavy atom. The smallest absolute Gasteiger partial charge is 0.194 e. The van der Waals surface area contributed by atoms with Crippen LogP contribution in [-0.4, -0.2) is 57.0 Å². The van der Waals surface area contributed by atoms with Crippen LogP contribution >= 0.6 is 0 Å². The summed E-state index contributed by atoms with van der Waals surface area (Å²) in [6, 6.07) is 0.